The van der Waals surface area contributed by atoms with Crippen molar-refractivity contribution in [3.8, 4) is 0 Å². The summed E-state index contributed by atoms with van der Waals surface area (Å²) in [4.78, 5) is 2.43. The van der Waals surface area contributed by atoms with Crippen molar-refractivity contribution in [2.45, 2.75) is 38.8 Å². The molecule has 18 heavy (non-hydrogen) atoms. The monoisotopic (exact) mass is 250 g/mol. The second-order valence-corrected chi connectivity index (χ2v) is 5.57. The van der Waals surface area contributed by atoms with Crippen LogP contribution in [0.1, 0.15) is 25.8 Å². The summed E-state index contributed by atoms with van der Waals surface area (Å²) in [7, 11) is 0. The van der Waals surface area contributed by atoms with E-state index in [1.807, 2.05) is 12.1 Å². The van der Waals surface area contributed by atoms with E-state index in [0.29, 0.717) is 18.0 Å². The van der Waals surface area contributed by atoms with E-state index in [4.69, 9.17) is 5.73 Å². The molecule has 3 heteroatoms. The van der Waals surface area contributed by atoms with E-state index in [0.717, 1.165) is 31.5 Å². The van der Waals surface area contributed by atoms with Gasteiger partial charge in [-0.25, -0.2) is 4.39 Å². The second kappa shape index (κ2) is 5.81. The quantitative estimate of drug-likeness (QED) is 0.892. The molecule has 1 heterocycles. The molecule has 0 spiro atoms. The van der Waals surface area contributed by atoms with Crippen LogP contribution in [0, 0.1) is 11.7 Å². The first-order chi connectivity index (χ1) is 8.58. The molecule has 3 atom stereocenters. The highest BCUT2D eigenvalue weighted by molar-refractivity contribution is 5.18. The fraction of sp³-hybridized carbons (Fsp3) is 0.600. The van der Waals surface area contributed by atoms with Crippen LogP contribution in [-0.2, 0) is 6.42 Å². The molecule has 1 aromatic carbocycles. The molecule has 1 aliphatic heterocycles. The summed E-state index contributed by atoms with van der Waals surface area (Å²) in [6, 6.07) is 7.76. The maximum Gasteiger partial charge on any atom is 0.126 e. The van der Waals surface area contributed by atoms with E-state index >= 15 is 0 Å². The Morgan fingerprint density at radius 3 is 2.83 bits per heavy atom. The summed E-state index contributed by atoms with van der Waals surface area (Å²) in [5, 5.41) is 0. The van der Waals surface area contributed by atoms with Gasteiger partial charge in [-0.2, -0.15) is 0 Å². The Balaban J connectivity index is 1.96. The van der Waals surface area contributed by atoms with Crippen LogP contribution in [-0.4, -0.2) is 30.1 Å². The van der Waals surface area contributed by atoms with Gasteiger partial charge in [-0.15, -0.1) is 0 Å². The summed E-state index contributed by atoms with van der Waals surface area (Å²) in [5.74, 6) is 0.438. The first-order valence-corrected chi connectivity index (χ1v) is 6.81. The topological polar surface area (TPSA) is 29.3 Å². The highest BCUT2D eigenvalue weighted by Gasteiger charge is 2.26. The zero-order valence-corrected chi connectivity index (χ0v) is 11.3. The average molecular weight is 250 g/mol. The largest absolute Gasteiger partial charge is 0.327 e. The molecule has 0 amide bonds. The van der Waals surface area contributed by atoms with E-state index < -0.39 is 0 Å². The first-order valence-electron chi connectivity index (χ1n) is 6.81. The summed E-state index contributed by atoms with van der Waals surface area (Å²) in [5.41, 5.74) is 6.84. The van der Waals surface area contributed by atoms with Crippen molar-refractivity contribution < 1.29 is 4.39 Å². The molecule has 0 aromatic heterocycles. The molecule has 0 radical (unpaired) electrons. The lowest BCUT2D eigenvalue weighted by Crippen LogP contribution is -2.49. The van der Waals surface area contributed by atoms with Crippen LogP contribution in [0.4, 0.5) is 4.39 Å². The van der Waals surface area contributed by atoms with Gasteiger partial charge in [-0.3, -0.25) is 4.90 Å². The van der Waals surface area contributed by atoms with Crippen molar-refractivity contribution >= 4 is 0 Å². The Morgan fingerprint density at radius 1 is 1.44 bits per heavy atom. The third kappa shape index (κ3) is 3.09. The minimum absolute atomic E-state index is 0.0916. The Bertz CT molecular complexity index is 394. The summed E-state index contributed by atoms with van der Waals surface area (Å²) in [6.07, 6.45) is 1.82. The van der Waals surface area contributed by atoms with Gasteiger partial charge in [0.05, 0.1) is 0 Å². The molecule has 1 aromatic rings. The normalized spacial score (nSPS) is 27.1. The molecule has 1 aliphatic rings. The number of nitrogens with zero attached hydrogens (tertiary/aromatic N) is 1. The fourth-order valence-electron chi connectivity index (χ4n) is 2.71. The maximum atomic E-state index is 13.6. The van der Waals surface area contributed by atoms with Crippen molar-refractivity contribution in [1.82, 2.24) is 4.90 Å². The van der Waals surface area contributed by atoms with Gasteiger partial charge in [0.1, 0.15) is 5.82 Å². The zero-order valence-electron chi connectivity index (χ0n) is 11.3. The van der Waals surface area contributed by atoms with Crippen LogP contribution in [0.5, 0.6) is 0 Å². The summed E-state index contributed by atoms with van der Waals surface area (Å²) < 4.78 is 13.6. The minimum atomic E-state index is -0.0916. The number of rotatable bonds is 3. The van der Waals surface area contributed by atoms with Gasteiger partial charge in [-0.1, -0.05) is 25.1 Å². The van der Waals surface area contributed by atoms with Crippen LogP contribution in [0.2, 0.25) is 0 Å². The first kappa shape index (κ1) is 13.5. The van der Waals surface area contributed by atoms with Gasteiger partial charge in [-0.05, 0) is 43.9 Å². The van der Waals surface area contributed by atoms with Crippen molar-refractivity contribution in [2.75, 3.05) is 13.1 Å². The molecule has 2 nitrogen and oxygen atoms in total. The SMILES string of the molecule is CC1CN(C(C)Cc2ccccc2F)CCC1N. The van der Waals surface area contributed by atoms with Gasteiger partial charge in [0.15, 0.2) is 0 Å². The number of halogens is 1. The number of hydrogen-bond acceptors (Lipinski definition) is 2. The number of benzene rings is 1. The molecule has 1 saturated heterocycles. The number of nitrogens with two attached hydrogens (primary N) is 1. The molecular formula is C15H23FN2. The van der Waals surface area contributed by atoms with E-state index in [1.54, 1.807) is 6.07 Å². The van der Waals surface area contributed by atoms with E-state index in [9.17, 15) is 4.39 Å². The fourth-order valence-corrected chi connectivity index (χ4v) is 2.71. The minimum Gasteiger partial charge on any atom is -0.327 e. The zero-order chi connectivity index (χ0) is 13.1. The number of piperidine rings is 1. The lowest BCUT2D eigenvalue weighted by atomic mass is 9.93. The third-order valence-electron chi connectivity index (χ3n) is 4.10. The van der Waals surface area contributed by atoms with Crippen LogP contribution in [0.3, 0.4) is 0 Å². The smallest absolute Gasteiger partial charge is 0.126 e. The molecule has 0 bridgehead atoms. The highest BCUT2D eigenvalue weighted by Crippen LogP contribution is 2.19. The molecule has 2 N–H and O–H groups in total. The summed E-state index contributed by atoms with van der Waals surface area (Å²) in [6.45, 7) is 6.43. The van der Waals surface area contributed by atoms with Gasteiger partial charge < -0.3 is 5.73 Å². The van der Waals surface area contributed by atoms with Crippen molar-refractivity contribution in [1.29, 1.82) is 0 Å². The second-order valence-electron chi connectivity index (χ2n) is 5.57. The molecule has 3 unspecified atom stereocenters. The molecule has 2 rings (SSSR count). The molecule has 0 saturated carbocycles. The summed E-state index contributed by atoms with van der Waals surface area (Å²) >= 11 is 0. The van der Waals surface area contributed by atoms with E-state index in [1.165, 1.54) is 6.07 Å². The highest BCUT2D eigenvalue weighted by atomic mass is 19.1. The van der Waals surface area contributed by atoms with Gasteiger partial charge in [0, 0.05) is 18.6 Å². The predicted octanol–water partition coefficient (Wildman–Crippen LogP) is 2.43. The molecule has 100 valence electrons. The van der Waals surface area contributed by atoms with Crippen molar-refractivity contribution in [2.24, 2.45) is 11.7 Å². The lowest BCUT2D eigenvalue weighted by Gasteiger charge is -2.38. The van der Waals surface area contributed by atoms with Crippen LogP contribution >= 0.6 is 0 Å². The Hall–Kier alpha value is -0.930. The lowest BCUT2D eigenvalue weighted by molar-refractivity contribution is 0.123. The Morgan fingerprint density at radius 2 is 2.17 bits per heavy atom. The van der Waals surface area contributed by atoms with Crippen LogP contribution in [0.25, 0.3) is 0 Å². The van der Waals surface area contributed by atoms with Gasteiger partial charge >= 0.3 is 0 Å². The molecule has 0 aliphatic carbocycles. The van der Waals surface area contributed by atoms with Gasteiger partial charge in [0.25, 0.3) is 0 Å². The molecular weight excluding hydrogens is 227 g/mol. The number of likely N-dealkylation sites (tertiary alicyclic amines) is 1. The predicted molar refractivity (Wildman–Crippen MR) is 72.9 cm³/mol. The number of hydrogen-bond donors (Lipinski definition) is 1. The standard InChI is InChI=1S/C15H23FN2/c1-11-10-18(8-7-15(11)17)12(2)9-13-5-3-4-6-14(13)16/h3-6,11-12,15H,7-10,17H2,1-2H3. The Kier molecular flexibility index (Phi) is 4.36. The third-order valence-corrected chi connectivity index (χ3v) is 4.10. The van der Waals surface area contributed by atoms with Crippen LogP contribution < -0.4 is 5.73 Å². The Labute approximate surface area is 109 Å². The van der Waals surface area contributed by atoms with Crippen LogP contribution in [0.15, 0.2) is 24.3 Å². The average Bonchev–Trinajstić information content (AvgIpc) is 2.35. The van der Waals surface area contributed by atoms with E-state index in [2.05, 4.69) is 18.7 Å². The maximum absolute atomic E-state index is 13.6. The van der Waals surface area contributed by atoms with Crippen molar-refractivity contribution in [3.05, 3.63) is 35.6 Å². The van der Waals surface area contributed by atoms with E-state index in [-0.39, 0.29) is 5.82 Å². The van der Waals surface area contributed by atoms with Crippen molar-refractivity contribution in [3.63, 3.8) is 0 Å². The molecule has 1 fully saturated rings. The van der Waals surface area contributed by atoms with Gasteiger partial charge in [0.2, 0.25) is 0 Å².